The molecule has 1 heterocycles. The fourth-order valence-electron chi connectivity index (χ4n) is 2.05. The highest BCUT2D eigenvalue weighted by Crippen LogP contribution is 2.17. The molecule has 1 aliphatic heterocycles. The van der Waals surface area contributed by atoms with Crippen LogP contribution in [0.15, 0.2) is 54.6 Å². The zero-order valence-corrected chi connectivity index (χ0v) is 9.50. The van der Waals surface area contributed by atoms with Crippen molar-refractivity contribution < 1.29 is 9.31 Å². The summed E-state index contributed by atoms with van der Waals surface area (Å²) < 4.78 is 11.0. The molecule has 1 aliphatic rings. The number of hydrogen-bond donors (Lipinski definition) is 0. The maximum Gasteiger partial charge on any atom is 0.494 e. The summed E-state index contributed by atoms with van der Waals surface area (Å²) in [6, 6.07) is 18.7. The maximum absolute atomic E-state index is 5.51. The third-order valence-electron chi connectivity index (χ3n) is 2.89. The molecule has 0 aliphatic carbocycles. The van der Waals surface area contributed by atoms with Crippen molar-refractivity contribution in [2.24, 2.45) is 0 Å². The van der Waals surface area contributed by atoms with E-state index in [4.69, 9.17) is 9.31 Å². The van der Waals surface area contributed by atoms with Gasteiger partial charge in [0, 0.05) is 0 Å². The largest absolute Gasteiger partial charge is 0.494 e. The van der Waals surface area contributed by atoms with Crippen molar-refractivity contribution in [3.63, 3.8) is 0 Å². The van der Waals surface area contributed by atoms with Gasteiger partial charge in [0.15, 0.2) is 0 Å². The van der Waals surface area contributed by atoms with Gasteiger partial charge in [-0.2, -0.15) is 0 Å². The van der Waals surface area contributed by atoms with Gasteiger partial charge in [0.25, 0.3) is 0 Å². The summed E-state index contributed by atoms with van der Waals surface area (Å²) in [5.41, 5.74) is 3.50. The fourth-order valence-corrected chi connectivity index (χ4v) is 2.05. The first-order valence-corrected chi connectivity index (χ1v) is 5.82. The lowest BCUT2D eigenvalue weighted by molar-refractivity contribution is 0.365. The molecule has 0 spiro atoms. The van der Waals surface area contributed by atoms with Gasteiger partial charge in [-0.25, -0.2) is 0 Å². The van der Waals surface area contributed by atoms with Crippen LogP contribution in [0, 0.1) is 0 Å². The Morgan fingerprint density at radius 3 is 2.24 bits per heavy atom. The second kappa shape index (κ2) is 4.74. The number of hydrogen-bond acceptors (Lipinski definition) is 2. The molecule has 17 heavy (non-hydrogen) atoms. The van der Waals surface area contributed by atoms with Crippen LogP contribution in [0.4, 0.5) is 0 Å². The highest BCUT2D eigenvalue weighted by Gasteiger charge is 2.26. The van der Waals surface area contributed by atoms with Gasteiger partial charge < -0.3 is 9.31 Å². The van der Waals surface area contributed by atoms with E-state index in [1.807, 2.05) is 30.3 Å². The van der Waals surface area contributed by atoms with E-state index in [1.165, 1.54) is 11.1 Å². The van der Waals surface area contributed by atoms with Gasteiger partial charge in [-0.1, -0.05) is 54.6 Å². The number of benzene rings is 2. The fraction of sp³-hybridized carbons (Fsp3) is 0.143. The topological polar surface area (TPSA) is 18.5 Å². The summed E-state index contributed by atoms with van der Waals surface area (Å²) in [6.45, 7) is 1.36. The molecule has 0 radical (unpaired) electrons. The van der Waals surface area contributed by atoms with Crippen molar-refractivity contribution in [1.29, 1.82) is 0 Å². The molecular weight excluding hydrogens is 211 g/mol. The van der Waals surface area contributed by atoms with E-state index >= 15 is 0 Å². The van der Waals surface area contributed by atoms with E-state index in [0.29, 0.717) is 13.2 Å². The van der Waals surface area contributed by atoms with Crippen molar-refractivity contribution in [3.8, 4) is 11.1 Å². The molecular formula is C14H13BO2. The molecule has 2 aromatic carbocycles. The molecule has 1 saturated heterocycles. The molecule has 0 atom stereocenters. The Hall–Kier alpha value is -1.58. The molecule has 3 heteroatoms. The van der Waals surface area contributed by atoms with E-state index in [-0.39, 0.29) is 7.12 Å². The van der Waals surface area contributed by atoms with Crippen molar-refractivity contribution in [2.45, 2.75) is 0 Å². The Labute approximate surface area is 101 Å². The Balaban J connectivity index is 1.94. The van der Waals surface area contributed by atoms with E-state index < -0.39 is 0 Å². The summed E-state index contributed by atoms with van der Waals surface area (Å²) in [5, 5.41) is 0. The van der Waals surface area contributed by atoms with Crippen LogP contribution in [0.3, 0.4) is 0 Å². The second-order valence-electron chi connectivity index (χ2n) is 4.06. The van der Waals surface area contributed by atoms with E-state index in [0.717, 1.165) is 5.46 Å². The van der Waals surface area contributed by atoms with Crippen molar-refractivity contribution in [3.05, 3.63) is 54.6 Å². The molecule has 84 valence electrons. The predicted molar refractivity (Wildman–Crippen MR) is 69.2 cm³/mol. The molecule has 0 N–H and O–H groups in total. The smallest absolute Gasteiger partial charge is 0.405 e. The standard InChI is InChI=1S/C14H13BO2/c1-2-5-12(6-3-1)13-7-4-8-14(11-13)15-16-9-10-17-15/h1-8,11H,9-10H2. The van der Waals surface area contributed by atoms with Crippen LogP contribution in [0.25, 0.3) is 11.1 Å². The van der Waals surface area contributed by atoms with Crippen LogP contribution in [0.1, 0.15) is 0 Å². The van der Waals surface area contributed by atoms with E-state index in [1.54, 1.807) is 0 Å². The van der Waals surface area contributed by atoms with Crippen LogP contribution in [0.2, 0.25) is 0 Å². The van der Waals surface area contributed by atoms with Crippen LogP contribution >= 0.6 is 0 Å². The van der Waals surface area contributed by atoms with Crippen LogP contribution < -0.4 is 5.46 Å². The highest BCUT2D eigenvalue weighted by molar-refractivity contribution is 6.61. The van der Waals surface area contributed by atoms with Crippen molar-refractivity contribution in [2.75, 3.05) is 13.2 Å². The molecule has 3 rings (SSSR count). The molecule has 0 unspecified atom stereocenters. The molecule has 0 saturated carbocycles. The van der Waals surface area contributed by atoms with Gasteiger partial charge in [-0.05, 0) is 16.6 Å². The number of rotatable bonds is 2. The average Bonchev–Trinajstić information content (AvgIpc) is 2.94. The average molecular weight is 224 g/mol. The molecule has 2 nitrogen and oxygen atoms in total. The normalized spacial score (nSPS) is 15.2. The summed E-state index contributed by atoms with van der Waals surface area (Å²) in [7, 11) is -0.196. The van der Waals surface area contributed by atoms with Crippen LogP contribution in [0.5, 0.6) is 0 Å². The molecule has 0 aromatic heterocycles. The SMILES string of the molecule is c1ccc(-c2cccc(B3OCCO3)c2)cc1. The minimum atomic E-state index is -0.196. The zero-order chi connectivity index (χ0) is 11.5. The van der Waals surface area contributed by atoms with Crippen LogP contribution in [-0.4, -0.2) is 20.3 Å². The zero-order valence-electron chi connectivity index (χ0n) is 9.50. The third-order valence-corrected chi connectivity index (χ3v) is 2.89. The third kappa shape index (κ3) is 2.26. The quantitative estimate of drug-likeness (QED) is 0.727. The molecule has 2 aromatic rings. The lowest BCUT2D eigenvalue weighted by Crippen LogP contribution is -2.31. The Kier molecular flexibility index (Phi) is 2.95. The predicted octanol–water partition coefficient (Wildman–Crippen LogP) is 2.10. The summed E-state index contributed by atoms with van der Waals surface area (Å²) in [5.74, 6) is 0. The molecule has 0 amide bonds. The van der Waals surface area contributed by atoms with E-state index in [9.17, 15) is 0 Å². The first-order chi connectivity index (χ1) is 8.43. The summed E-state index contributed by atoms with van der Waals surface area (Å²) in [4.78, 5) is 0. The van der Waals surface area contributed by atoms with E-state index in [2.05, 4.69) is 24.3 Å². The van der Waals surface area contributed by atoms with Gasteiger partial charge in [-0.15, -0.1) is 0 Å². The molecule has 0 bridgehead atoms. The summed E-state index contributed by atoms with van der Waals surface area (Å²) >= 11 is 0. The first kappa shape index (κ1) is 10.6. The lowest BCUT2D eigenvalue weighted by Gasteiger charge is -2.07. The lowest BCUT2D eigenvalue weighted by atomic mass is 9.78. The Bertz CT molecular complexity index is 493. The Morgan fingerprint density at radius 2 is 1.47 bits per heavy atom. The van der Waals surface area contributed by atoms with Gasteiger partial charge in [0.2, 0.25) is 0 Å². The van der Waals surface area contributed by atoms with Gasteiger partial charge in [0.1, 0.15) is 0 Å². The van der Waals surface area contributed by atoms with Gasteiger partial charge in [-0.3, -0.25) is 0 Å². The minimum Gasteiger partial charge on any atom is -0.405 e. The van der Waals surface area contributed by atoms with Gasteiger partial charge >= 0.3 is 7.12 Å². The van der Waals surface area contributed by atoms with Crippen molar-refractivity contribution >= 4 is 12.6 Å². The van der Waals surface area contributed by atoms with Crippen LogP contribution in [-0.2, 0) is 9.31 Å². The maximum atomic E-state index is 5.51. The monoisotopic (exact) mass is 224 g/mol. The minimum absolute atomic E-state index is 0.196. The molecule has 1 fully saturated rings. The van der Waals surface area contributed by atoms with Crippen molar-refractivity contribution in [1.82, 2.24) is 0 Å². The highest BCUT2D eigenvalue weighted by atomic mass is 16.6. The summed E-state index contributed by atoms with van der Waals surface area (Å²) in [6.07, 6.45) is 0. The Morgan fingerprint density at radius 1 is 0.765 bits per heavy atom. The van der Waals surface area contributed by atoms with Gasteiger partial charge in [0.05, 0.1) is 13.2 Å². The first-order valence-electron chi connectivity index (χ1n) is 5.82. The second-order valence-corrected chi connectivity index (χ2v) is 4.06.